The number of hydrogen-bond acceptors (Lipinski definition) is 3. The van der Waals surface area contributed by atoms with E-state index in [2.05, 4.69) is 50.8 Å². The van der Waals surface area contributed by atoms with Crippen LogP contribution in [0.1, 0.15) is 44.4 Å². The van der Waals surface area contributed by atoms with E-state index in [9.17, 15) is 4.79 Å². The lowest BCUT2D eigenvalue weighted by atomic mass is 9.94. The smallest absolute Gasteiger partial charge is 0.231 e. The van der Waals surface area contributed by atoms with Crippen LogP contribution in [0.4, 0.5) is 0 Å². The predicted octanol–water partition coefficient (Wildman–Crippen LogP) is 2.22. The number of hydrogen-bond donors (Lipinski definition) is 2. The molecule has 0 aromatic heterocycles. The molecule has 4 heteroatoms. The summed E-state index contributed by atoms with van der Waals surface area (Å²) in [6.45, 7) is 9.46. The number of amides is 1. The first-order valence-corrected chi connectivity index (χ1v) is 7.69. The Bertz CT molecular complexity index is 459. The summed E-state index contributed by atoms with van der Waals surface area (Å²) >= 11 is 0. The Kier molecular flexibility index (Phi) is 6.85. The van der Waals surface area contributed by atoms with Gasteiger partial charge >= 0.3 is 0 Å². The number of carbonyl (C=O) groups excluding carboxylic acids is 1. The number of aryl methyl sites for hydroxylation is 1. The van der Waals surface area contributed by atoms with E-state index < -0.39 is 0 Å². The van der Waals surface area contributed by atoms with E-state index in [1.807, 2.05) is 6.07 Å². The van der Waals surface area contributed by atoms with Crippen LogP contribution < -0.4 is 11.5 Å². The molecule has 0 spiro atoms. The highest BCUT2D eigenvalue weighted by Gasteiger charge is 2.27. The Labute approximate surface area is 128 Å². The van der Waals surface area contributed by atoms with Crippen molar-refractivity contribution in [3.05, 3.63) is 35.4 Å². The summed E-state index contributed by atoms with van der Waals surface area (Å²) in [5.41, 5.74) is 14.1. The average Bonchev–Trinajstić information content (AvgIpc) is 2.37. The number of nitrogens with two attached hydrogens (primary N) is 2. The Morgan fingerprint density at radius 3 is 2.48 bits per heavy atom. The van der Waals surface area contributed by atoms with E-state index in [-0.39, 0.29) is 24.5 Å². The molecule has 0 heterocycles. The average molecular weight is 291 g/mol. The van der Waals surface area contributed by atoms with Crippen LogP contribution in [0.15, 0.2) is 24.3 Å². The van der Waals surface area contributed by atoms with Gasteiger partial charge in [-0.15, -0.1) is 0 Å². The van der Waals surface area contributed by atoms with Crippen LogP contribution in [0.3, 0.4) is 0 Å². The maximum Gasteiger partial charge on any atom is 0.231 e. The third kappa shape index (κ3) is 5.48. The molecule has 118 valence electrons. The summed E-state index contributed by atoms with van der Waals surface area (Å²) in [6.07, 6.45) is 0.853. The quantitative estimate of drug-likeness (QED) is 0.771. The Balaban J connectivity index is 3.15. The summed E-state index contributed by atoms with van der Waals surface area (Å²) < 4.78 is 0. The van der Waals surface area contributed by atoms with Crippen molar-refractivity contribution < 1.29 is 4.79 Å². The minimum absolute atomic E-state index is 0.0183. The number of carbonyl (C=O) groups is 1. The lowest BCUT2D eigenvalue weighted by molar-refractivity contribution is -0.120. The molecule has 0 aliphatic carbocycles. The number of nitrogens with zero attached hydrogens (tertiary/aromatic N) is 1. The van der Waals surface area contributed by atoms with Crippen LogP contribution in [0, 0.1) is 12.8 Å². The SMILES string of the molecule is CCC(N)C(c1cccc(C)c1)N(CC(N)=O)CC(C)C. The first-order valence-electron chi connectivity index (χ1n) is 7.69. The highest BCUT2D eigenvalue weighted by atomic mass is 16.1. The molecule has 0 radical (unpaired) electrons. The third-order valence-electron chi connectivity index (χ3n) is 3.61. The number of primary amides is 1. The van der Waals surface area contributed by atoms with Gasteiger partial charge in [-0.05, 0) is 24.8 Å². The van der Waals surface area contributed by atoms with Crippen LogP contribution in [0.25, 0.3) is 0 Å². The maximum absolute atomic E-state index is 11.4. The molecule has 0 bridgehead atoms. The molecule has 0 fully saturated rings. The Morgan fingerprint density at radius 2 is 2.00 bits per heavy atom. The van der Waals surface area contributed by atoms with Gasteiger partial charge in [0.05, 0.1) is 12.6 Å². The van der Waals surface area contributed by atoms with Gasteiger partial charge in [0.25, 0.3) is 0 Å². The molecule has 1 rings (SSSR count). The van der Waals surface area contributed by atoms with Gasteiger partial charge in [0.1, 0.15) is 0 Å². The van der Waals surface area contributed by atoms with E-state index in [4.69, 9.17) is 11.5 Å². The fraction of sp³-hybridized carbons (Fsp3) is 0.588. The number of rotatable bonds is 8. The van der Waals surface area contributed by atoms with E-state index >= 15 is 0 Å². The summed E-state index contributed by atoms with van der Waals surface area (Å²) in [5.74, 6) is 0.136. The van der Waals surface area contributed by atoms with Crippen LogP contribution in [0.5, 0.6) is 0 Å². The first-order chi connectivity index (χ1) is 9.85. The van der Waals surface area contributed by atoms with E-state index in [1.54, 1.807) is 0 Å². The van der Waals surface area contributed by atoms with Crippen molar-refractivity contribution in [2.45, 2.75) is 46.2 Å². The van der Waals surface area contributed by atoms with Crippen molar-refractivity contribution >= 4 is 5.91 Å². The molecule has 0 saturated heterocycles. The third-order valence-corrected chi connectivity index (χ3v) is 3.61. The second-order valence-electron chi connectivity index (χ2n) is 6.22. The second-order valence-corrected chi connectivity index (χ2v) is 6.22. The lowest BCUT2D eigenvalue weighted by Crippen LogP contribution is -2.46. The fourth-order valence-corrected chi connectivity index (χ4v) is 2.75. The summed E-state index contributed by atoms with van der Waals surface area (Å²) in [5, 5.41) is 0. The molecule has 0 saturated carbocycles. The molecule has 1 amide bonds. The summed E-state index contributed by atoms with van der Waals surface area (Å²) in [7, 11) is 0. The highest BCUT2D eigenvalue weighted by Crippen LogP contribution is 2.26. The zero-order chi connectivity index (χ0) is 16.0. The van der Waals surface area contributed by atoms with Gasteiger partial charge in [0.15, 0.2) is 0 Å². The van der Waals surface area contributed by atoms with Crippen molar-refractivity contribution in [1.82, 2.24) is 4.90 Å². The van der Waals surface area contributed by atoms with Gasteiger partial charge in [0.2, 0.25) is 5.91 Å². The lowest BCUT2D eigenvalue weighted by Gasteiger charge is -2.36. The second kappa shape index (κ2) is 8.15. The maximum atomic E-state index is 11.4. The Hall–Kier alpha value is -1.39. The van der Waals surface area contributed by atoms with Crippen LogP contribution in [-0.4, -0.2) is 29.9 Å². The van der Waals surface area contributed by atoms with Gasteiger partial charge in [-0.2, -0.15) is 0 Å². The zero-order valence-electron chi connectivity index (χ0n) is 13.7. The summed E-state index contributed by atoms with van der Waals surface area (Å²) in [6, 6.07) is 8.34. The van der Waals surface area contributed by atoms with Gasteiger partial charge in [-0.25, -0.2) is 0 Å². The molecular weight excluding hydrogens is 262 g/mol. The normalized spacial score (nSPS) is 14.4. The molecule has 2 atom stereocenters. The molecule has 0 aliphatic rings. The van der Waals surface area contributed by atoms with Crippen molar-refractivity contribution in [2.75, 3.05) is 13.1 Å². The van der Waals surface area contributed by atoms with Gasteiger partial charge in [-0.1, -0.05) is 50.6 Å². The molecule has 4 N–H and O–H groups in total. The molecule has 2 unspecified atom stereocenters. The molecule has 1 aromatic rings. The van der Waals surface area contributed by atoms with Crippen molar-refractivity contribution in [3.63, 3.8) is 0 Å². The molecule has 4 nitrogen and oxygen atoms in total. The van der Waals surface area contributed by atoms with Gasteiger partial charge in [-0.3, -0.25) is 9.69 Å². The Morgan fingerprint density at radius 1 is 1.33 bits per heavy atom. The minimum Gasteiger partial charge on any atom is -0.369 e. The van der Waals surface area contributed by atoms with Crippen molar-refractivity contribution in [1.29, 1.82) is 0 Å². The summed E-state index contributed by atoms with van der Waals surface area (Å²) in [4.78, 5) is 13.6. The predicted molar refractivity (Wildman–Crippen MR) is 87.8 cm³/mol. The topological polar surface area (TPSA) is 72.3 Å². The number of benzene rings is 1. The minimum atomic E-state index is -0.309. The van der Waals surface area contributed by atoms with Gasteiger partial charge < -0.3 is 11.5 Å². The van der Waals surface area contributed by atoms with Crippen LogP contribution >= 0.6 is 0 Å². The molecular formula is C17H29N3O. The van der Waals surface area contributed by atoms with Crippen molar-refractivity contribution in [3.8, 4) is 0 Å². The first kappa shape index (κ1) is 17.7. The standard InChI is InChI=1S/C17H29N3O/c1-5-15(18)17(14-8-6-7-13(4)9-14)20(10-12(2)3)11-16(19)21/h6-9,12,15,17H,5,10-11,18H2,1-4H3,(H2,19,21). The monoisotopic (exact) mass is 291 g/mol. The van der Waals surface area contributed by atoms with Crippen molar-refractivity contribution in [2.24, 2.45) is 17.4 Å². The molecule has 1 aromatic carbocycles. The van der Waals surface area contributed by atoms with Crippen LogP contribution in [-0.2, 0) is 4.79 Å². The zero-order valence-corrected chi connectivity index (χ0v) is 13.7. The van der Waals surface area contributed by atoms with E-state index in [1.165, 1.54) is 5.56 Å². The largest absolute Gasteiger partial charge is 0.369 e. The molecule has 0 aliphatic heterocycles. The van der Waals surface area contributed by atoms with Gasteiger partial charge in [0, 0.05) is 12.6 Å². The van der Waals surface area contributed by atoms with E-state index in [0.717, 1.165) is 18.5 Å². The van der Waals surface area contributed by atoms with E-state index in [0.29, 0.717) is 5.92 Å². The molecule has 21 heavy (non-hydrogen) atoms. The fourth-order valence-electron chi connectivity index (χ4n) is 2.75. The highest BCUT2D eigenvalue weighted by molar-refractivity contribution is 5.76. The van der Waals surface area contributed by atoms with Crippen LogP contribution in [0.2, 0.25) is 0 Å².